The van der Waals surface area contributed by atoms with Crippen molar-refractivity contribution in [2.75, 3.05) is 12.3 Å². The van der Waals surface area contributed by atoms with Crippen molar-refractivity contribution in [3.63, 3.8) is 0 Å². The van der Waals surface area contributed by atoms with E-state index < -0.39 is 0 Å². The summed E-state index contributed by atoms with van der Waals surface area (Å²) in [4.78, 5) is 12.0. The Kier molecular flexibility index (Phi) is 4.92. The monoisotopic (exact) mass is 290 g/mol. The fourth-order valence-corrected chi connectivity index (χ4v) is 2.06. The molecule has 0 bridgehead atoms. The Morgan fingerprint density at radius 1 is 1.33 bits per heavy atom. The van der Waals surface area contributed by atoms with Gasteiger partial charge in [-0.15, -0.1) is 0 Å². The van der Waals surface area contributed by atoms with E-state index in [0.29, 0.717) is 18.7 Å². The smallest absolute Gasteiger partial charge is 0.273 e. The van der Waals surface area contributed by atoms with Gasteiger partial charge in [-0.25, -0.2) is 4.39 Å². The first kappa shape index (κ1) is 15.0. The Bertz CT molecular complexity index is 607. The van der Waals surface area contributed by atoms with Crippen LogP contribution >= 0.6 is 0 Å². The molecule has 0 aliphatic carbocycles. The van der Waals surface area contributed by atoms with Crippen molar-refractivity contribution in [2.45, 2.75) is 26.2 Å². The van der Waals surface area contributed by atoms with Gasteiger partial charge >= 0.3 is 0 Å². The molecule has 1 heterocycles. The SMILES string of the molecule is CCCc1[nH]nc(C(=O)NCCc2ccc(F)cc2)c1N. The first-order valence-electron chi connectivity index (χ1n) is 6.97. The van der Waals surface area contributed by atoms with E-state index in [4.69, 9.17) is 5.73 Å². The molecular formula is C15H19FN4O. The van der Waals surface area contributed by atoms with Gasteiger partial charge in [-0.05, 0) is 30.5 Å². The van der Waals surface area contributed by atoms with Gasteiger partial charge in [0, 0.05) is 6.54 Å². The third-order valence-electron chi connectivity index (χ3n) is 3.21. The summed E-state index contributed by atoms with van der Waals surface area (Å²) in [6.07, 6.45) is 2.32. The molecule has 1 amide bonds. The van der Waals surface area contributed by atoms with Gasteiger partial charge in [-0.3, -0.25) is 9.89 Å². The van der Waals surface area contributed by atoms with Crippen molar-refractivity contribution in [2.24, 2.45) is 0 Å². The summed E-state index contributed by atoms with van der Waals surface area (Å²) in [7, 11) is 0. The zero-order valence-corrected chi connectivity index (χ0v) is 11.9. The zero-order valence-electron chi connectivity index (χ0n) is 11.9. The molecule has 2 aromatic rings. The number of carbonyl (C=O) groups excluding carboxylic acids is 1. The average Bonchev–Trinajstić information content (AvgIpc) is 2.83. The minimum absolute atomic E-state index is 0.234. The van der Waals surface area contributed by atoms with Crippen LogP contribution in [0.15, 0.2) is 24.3 Å². The van der Waals surface area contributed by atoms with Crippen LogP contribution in [0, 0.1) is 5.82 Å². The summed E-state index contributed by atoms with van der Waals surface area (Å²) in [6.45, 7) is 2.47. The normalized spacial score (nSPS) is 10.6. The number of H-pyrrole nitrogens is 1. The summed E-state index contributed by atoms with van der Waals surface area (Å²) >= 11 is 0. The minimum Gasteiger partial charge on any atom is -0.395 e. The molecule has 0 spiro atoms. The average molecular weight is 290 g/mol. The van der Waals surface area contributed by atoms with Gasteiger partial charge in [0.1, 0.15) is 5.82 Å². The number of benzene rings is 1. The third-order valence-corrected chi connectivity index (χ3v) is 3.21. The van der Waals surface area contributed by atoms with Crippen LogP contribution in [-0.2, 0) is 12.8 Å². The summed E-state index contributed by atoms with van der Waals surface area (Å²) in [5, 5.41) is 9.52. The largest absolute Gasteiger partial charge is 0.395 e. The number of nitrogens with one attached hydrogen (secondary N) is 2. The standard InChI is InChI=1S/C15H19FN4O/c1-2-3-12-13(17)14(20-19-12)15(21)18-9-8-10-4-6-11(16)7-5-10/h4-7H,2-3,8-9,17H2,1H3,(H,18,21)(H,19,20). The molecule has 0 aliphatic heterocycles. The highest BCUT2D eigenvalue weighted by molar-refractivity contribution is 5.97. The molecule has 1 aromatic heterocycles. The Morgan fingerprint density at radius 3 is 2.71 bits per heavy atom. The maximum Gasteiger partial charge on any atom is 0.273 e. The highest BCUT2D eigenvalue weighted by Gasteiger charge is 2.16. The van der Waals surface area contributed by atoms with E-state index in [1.165, 1.54) is 12.1 Å². The summed E-state index contributed by atoms with van der Waals surface area (Å²) in [5.41, 5.74) is 8.29. The van der Waals surface area contributed by atoms with Gasteiger partial charge in [0.2, 0.25) is 0 Å². The number of anilines is 1. The number of carbonyl (C=O) groups is 1. The highest BCUT2D eigenvalue weighted by atomic mass is 19.1. The number of aromatic amines is 1. The lowest BCUT2D eigenvalue weighted by atomic mass is 10.1. The minimum atomic E-state index is -0.298. The van der Waals surface area contributed by atoms with E-state index in [-0.39, 0.29) is 17.4 Å². The number of rotatable bonds is 6. The first-order chi connectivity index (χ1) is 10.1. The number of hydrogen-bond acceptors (Lipinski definition) is 3. The van der Waals surface area contributed by atoms with Gasteiger partial charge in [0.25, 0.3) is 5.91 Å². The van der Waals surface area contributed by atoms with Crippen molar-refractivity contribution < 1.29 is 9.18 Å². The number of aromatic nitrogens is 2. The van der Waals surface area contributed by atoms with E-state index in [0.717, 1.165) is 24.1 Å². The summed E-state index contributed by atoms with van der Waals surface area (Å²) in [5.74, 6) is -0.566. The second kappa shape index (κ2) is 6.88. The molecule has 0 fully saturated rings. The van der Waals surface area contributed by atoms with Gasteiger partial charge < -0.3 is 11.1 Å². The number of nitrogen functional groups attached to an aromatic ring is 1. The van der Waals surface area contributed by atoms with Crippen molar-refractivity contribution in [3.8, 4) is 0 Å². The Hall–Kier alpha value is -2.37. The van der Waals surface area contributed by atoms with Crippen LogP contribution in [0.2, 0.25) is 0 Å². The number of nitrogens with two attached hydrogens (primary N) is 1. The van der Waals surface area contributed by atoms with E-state index in [9.17, 15) is 9.18 Å². The van der Waals surface area contributed by atoms with Gasteiger partial charge in [-0.1, -0.05) is 25.5 Å². The molecule has 0 aliphatic rings. The fraction of sp³-hybridized carbons (Fsp3) is 0.333. The Labute approximate surface area is 122 Å². The molecule has 2 rings (SSSR count). The quantitative estimate of drug-likeness (QED) is 0.761. The number of nitrogens with zero attached hydrogens (tertiary/aromatic N) is 1. The molecule has 5 nitrogen and oxygen atoms in total. The zero-order chi connectivity index (χ0) is 15.2. The van der Waals surface area contributed by atoms with Crippen molar-refractivity contribution >= 4 is 11.6 Å². The predicted octanol–water partition coefficient (Wildman–Crippen LogP) is 2.06. The van der Waals surface area contributed by atoms with Crippen LogP contribution < -0.4 is 11.1 Å². The number of hydrogen-bond donors (Lipinski definition) is 3. The van der Waals surface area contributed by atoms with Crippen LogP contribution in [0.1, 0.15) is 35.1 Å². The maximum absolute atomic E-state index is 12.8. The first-order valence-corrected chi connectivity index (χ1v) is 6.97. The fourth-order valence-electron chi connectivity index (χ4n) is 2.06. The molecule has 0 unspecified atom stereocenters. The van der Waals surface area contributed by atoms with E-state index in [1.54, 1.807) is 12.1 Å². The lowest BCUT2D eigenvalue weighted by molar-refractivity contribution is 0.0950. The van der Waals surface area contributed by atoms with Crippen LogP contribution in [0.5, 0.6) is 0 Å². The number of halogens is 1. The third kappa shape index (κ3) is 3.81. The molecular weight excluding hydrogens is 271 g/mol. The summed E-state index contributed by atoms with van der Waals surface area (Å²) < 4.78 is 12.8. The lowest BCUT2D eigenvalue weighted by Crippen LogP contribution is -2.26. The van der Waals surface area contributed by atoms with Crippen LogP contribution in [0.25, 0.3) is 0 Å². The second-order valence-electron chi connectivity index (χ2n) is 4.85. The van der Waals surface area contributed by atoms with Gasteiger partial charge in [0.15, 0.2) is 5.69 Å². The molecule has 112 valence electrons. The molecule has 0 atom stereocenters. The lowest BCUT2D eigenvalue weighted by Gasteiger charge is -2.04. The van der Waals surface area contributed by atoms with E-state index in [1.807, 2.05) is 6.92 Å². The molecule has 0 saturated heterocycles. The van der Waals surface area contributed by atoms with Gasteiger partial charge in [0.05, 0.1) is 11.4 Å². The van der Waals surface area contributed by atoms with E-state index in [2.05, 4.69) is 15.5 Å². The molecule has 0 saturated carbocycles. The maximum atomic E-state index is 12.8. The molecule has 0 radical (unpaired) electrons. The topological polar surface area (TPSA) is 83.8 Å². The van der Waals surface area contributed by atoms with E-state index >= 15 is 0 Å². The summed E-state index contributed by atoms with van der Waals surface area (Å²) in [6, 6.07) is 6.20. The molecule has 21 heavy (non-hydrogen) atoms. The van der Waals surface area contributed by atoms with Crippen molar-refractivity contribution in [1.82, 2.24) is 15.5 Å². The Balaban J connectivity index is 1.88. The predicted molar refractivity (Wildman–Crippen MR) is 79.4 cm³/mol. The van der Waals surface area contributed by atoms with Crippen molar-refractivity contribution in [3.05, 3.63) is 47.0 Å². The number of amides is 1. The Morgan fingerprint density at radius 2 is 2.05 bits per heavy atom. The molecule has 4 N–H and O–H groups in total. The van der Waals surface area contributed by atoms with Crippen LogP contribution in [0.3, 0.4) is 0 Å². The number of aryl methyl sites for hydroxylation is 1. The molecule has 1 aromatic carbocycles. The second-order valence-corrected chi connectivity index (χ2v) is 4.85. The van der Waals surface area contributed by atoms with Crippen LogP contribution in [0.4, 0.5) is 10.1 Å². The van der Waals surface area contributed by atoms with Crippen LogP contribution in [-0.4, -0.2) is 22.6 Å². The molecule has 6 heteroatoms. The van der Waals surface area contributed by atoms with Crippen molar-refractivity contribution in [1.29, 1.82) is 0 Å². The highest BCUT2D eigenvalue weighted by Crippen LogP contribution is 2.15. The van der Waals surface area contributed by atoms with Gasteiger partial charge in [-0.2, -0.15) is 5.10 Å².